The topological polar surface area (TPSA) is 91.1 Å². The molecule has 2 fully saturated rings. The van der Waals surface area contributed by atoms with Gasteiger partial charge in [-0.15, -0.1) is 0 Å². The molecule has 0 aliphatic carbocycles. The highest BCUT2D eigenvalue weighted by atomic mass is 32.2. The number of nitrogens with zero attached hydrogens (tertiary/aromatic N) is 2. The first kappa shape index (κ1) is 21.7. The number of carbonyl (C=O) groups is 1. The van der Waals surface area contributed by atoms with E-state index in [9.17, 15) is 21.6 Å². The quantitative estimate of drug-likeness (QED) is 0.797. The Morgan fingerprint density at radius 1 is 1.33 bits per heavy atom. The normalized spacial score (nSPS) is 20.1. The number of alkyl halides is 3. The molecule has 3 heterocycles. The second-order valence-electron chi connectivity index (χ2n) is 6.98. The zero-order valence-corrected chi connectivity index (χ0v) is 15.7. The van der Waals surface area contributed by atoms with Crippen LogP contribution in [0.25, 0.3) is 0 Å². The first-order chi connectivity index (χ1) is 12.5. The van der Waals surface area contributed by atoms with E-state index in [0.717, 1.165) is 26.1 Å². The first-order valence-corrected chi connectivity index (χ1v) is 10.1. The number of furan rings is 1. The predicted molar refractivity (Wildman–Crippen MR) is 90.4 cm³/mol. The van der Waals surface area contributed by atoms with Crippen LogP contribution in [0.15, 0.2) is 23.0 Å². The van der Waals surface area contributed by atoms with Crippen LogP contribution in [0.1, 0.15) is 25.3 Å². The van der Waals surface area contributed by atoms with E-state index in [1.54, 1.807) is 16.8 Å². The third kappa shape index (κ3) is 5.69. The van der Waals surface area contributed by atoms with Crippen molar-refractivity contribution in [1.29, 1.82) is 0 Å². The molecule has 11 heteroatoms. The van der Waals surface area contributed by atoms with E-state index in [0.29, 0.717) is 19.5 Å². The van der Waals surface area contributed by atoms with Gasteiger partial charge in [-0.3, -0.25) is 4.90 Å². The Balaban J connectivity index is 0.000000321. The van der Waals surface area contributed by atoms with Crippen molar-refractivity contribution in [3.8, 4) is 0 Å². The number of likely N-dealkylation sites (tertiary alicyclic amines) is 1. The van der Waals surface area contributed by atoms with Crippen molar-refractivity contribution >= 4 is 16.0 Å². The molecule has 1 aromatic heterocycles. The average molecular weight is 412 g/mol. The van der Waals surface area contributed by atoms with Gasteiger partial charge in [-0.1, -0.05) is 6.92 Å². The van der Waals surface area contributed by atoms with E-state index in [1.165, 1.54) is 5.56 Å². The van der Waals surface area contributed by atoms with E-state index < -0.39 is 22.2 Å². The predicted octanol–water partition coefficient (Wildman–Crippen LogP) is 2.16. The summed E-state index contributed by atoms with van der Waals surface area (Å²) in [5.41, 5.74) is 1.39. The summed E-state index contributed by atoms with van der Waals surface area (Å²) in [6.07, 6.45) is 0.189. The summed E-state index contributed by atoms with van der Waals surface area (Å²) in [6.45, 7) is 6.27. The Morgan fingerprint density at radius 3 is 2.44 bits per heavy atom. The molecule has 1 spiro atoms. The molecule has 0 saturated carbocycles. The molecule has 0 atom stereocenters. The Labute approximate surface area is 155 Å². The summed E-state index contributed by atoms with van der Waals surface area (Å²) in [6, 6.07) is 1.99. The van der Waals surface area contributed by atoms with Crippen LogP contribution in [-0.2, 0) is 21.4 Å². The first-order valence-electron chi connectivity index (χ1n) is 8.49. The molecule has 2 aliphatic rings. The van der Waals surface area contributed by atoms with Gasteiger partial charge >= 0.3 is 12.1 Å². The van der Waals surface area contributed by atoms with Gasteiger partial charge in [0.15, 0.2) is 0 Å². The Bertz CT molecular complexity index is 728. The molecule has 7 nitrogen and oxygen atoms in total. The van der Waals surface area contributed by atoms with Gasteiger partial charge in [0, 0.05) is 37.2 Å². The van der Waals surface area contributed by atoms with Crippen molar-refractivity contribution < 1.29 is 35.9 Å². The Morgan fingerprint density at radius 2 is 1.96 bits per heavy atom. The van der Waals surface area contributed by atoms with Crippen LogP contribution >= 0.6 is 0 Å². The molecule has 27 heavy (non-hydrogen) atoms. The number of aliphatic carboxylic acids is 1. The second-order valence-corrected chi connectivity index (χ2v) is 9.07. The van der Waals surface area contributed by atoms with Crippen molar-refractivity contribution in [2.45, 2.75) is 32.5 Å². The monoisotopic (exact) mass is 412 g/mol. The van der Waals surface area contributed by atoms with E-state index in [2.05, 4.69) is 4.90 Å². The fourth-order valence-corrected chi connectivity index (χ4v) is 5.06. The van der Waals surface area contributed by atoms with Crippen molar-refractivity contribution in [2.24, 2.45) is 5.41 Å². The molecule has 154 valence electrons. The number of halogens is 3. The molecule has 1 N–H and O–H groups in total. The SMILES string of the molecule is CCCS(=O)(=O)N1CC2(CCN(Cc3ccoc3)C2)C1.O=C(O)C(F)(F)F. The summed E-state index contributed by atoms with van der Waals surface area (Å²) < 4.78 is 62.5. The van der Waals surface area contributed by atoms with Gasteiger partial charge in [0.25, 0.3) is 0 Å². The van der Waals surface area contributed by atoms with E-state index in [4.69, 9.17) is 14.3 Å². The summed E-state index contributed by atoms with van der Waals surface area (Å²) in [5.74, 6) is -2.48. The Hall–Kier alpha value is -1.59. The summed E-state index contributed by atoms with van der Waals surface area (Å²) in [5, 5.41) is 7.12. The zero-order chi connectivity index (χ0) is 20.3. The third-order valence-corrected chi connectivity index (χ3v) is 6.59. The van der Waals surface area contributed by atoms with Crippen LogP contribution in [0.3, 0.4) is 0 Å². The van der Waals surface area contributed by atoms with Gasteiger partial charge in [-0.25, -0.2) is 17.5 Å². The van der Waals surface area contributed by atoms with Gasteiger partial charge < -0.3 is 9.52 Å². The third-order valence-electron chi connectivity index (χ3n) is 4.63. The number of carboxylic acids is 1. The largest absolute Gasteiger partial charge is 0.490 e. The van der Waals surface area contributed by atoms with Gasteiger partial charge in [0.2, 0.25) is 10.0 Å². The van der Waals surface area contributed by atoms with Crippen molar-refractivity contribution in [3.05, 3.63) is 24.2 Å². The number of sulfonamides is 1. The minimum absolute atomic E-state index is 0.199. The molecular formula is C16H23F3N2O5S. The minimum Gasteiger partial charge on any atom is -0.475 e. The standard InChI is InChI=1S/C14H22N2O3S.C2HF3O2/c1-2-7-20(17,18)16-11-14(12-16)4-5-15(10-14)8-13-3-6-19-9-13;3-2(4,5)1(6)7/h3,6,9H,2,4-5,7-8,10-12H2,1H3;(H,6,7). The average Bonchev–Trinajstić information content (AvgIpc) is 3.15. The highest BCUT2D eigenvalue weighted by molar-refractivity contribution is 7.89. The maximum Gasteiger partial charge on any atom is 0.490 e. The van der Waals surface area contributed by atoms with E-state index >= 15 is 0 Å². The van der Waals surface area contributed by atoms with Crippen LogP contribution in [0, 0.1) is 5.41 Å². The molecule has 0 unspecified atom stereocenters. The number of hydrogen-bond acceptors (Lipinski definition) is 5. The summed E-state index contributed by atoms with van der Waals surface area (Å²) in [4.78, 5) is 11.3. The van der Waals surface area contributed by atoms with Crippen LogP contribution in [0.2, 0.25) is 0 Å². The van der Waals surface area contributed by atoms with Gasteiger partial charge in [0.1, 0.15) is 0 Å². The lowest BCUT2D eigenvalue weighted by Gasteiger charge is -2.47. The number of carboxylic acid groups (broad SMARTS) is 1. The van der Waals surface area contributed by atoms with Crippen molar-refractivity contribution in [3.63, 3.8) is 0 Å². The molecule has 3 rings (SSSR count). The number of rotatable bonds is 5. The molecular weight excluding hydrogens is 389 g/mol. The highest BCUT2D eigenvalue weighted by Crippen LogP contribution is 2.41. The van der Waals surface area contributed by atoms with Crippen LogP contribution < -0.4 is 0 Å². The van der Waals surface area contributed by atoms with Gasteiger partial charge in [-0.05, 0) is 25.5 Å². The Kier molecular flexibility index (Phi) is 6.59. The second kappa shape index (κ2) is 8.19. The van der Waals surface area contributed by atoms with E-state index in [-0.39, 0.29) is 11.2 Å². The lowest BCUT2D eigenvalue weighted by molar-refractivity contribution is -0.192. The van der Waals surface area contributed by atoms with E-state index in [1.807, 2.05) is 13.0 Å². The molecule has 0 radical (unpaired) electrons. The highest BCUT2D eigenvalue weighted by Gasteiger charge is 2.50. The molecule has 0 bridgehead atoms. The summed E-state index contributed by atoms with van der Waals surface area (Å²) in [7, 11) is -3.00. The molecule has 2 saturated heterocycles. The fourth-order valence-electron chi connectivity index (χ4n) is 3.35. The smallest absolute Gasteiger partial charge is 0.475 e. The number of hydrogen-bond donors (Lipinski definition) is 1. The maximum absolute atomic E-state index is 12.0. The molecule has 2 aliphatic heterocycles. The summed E-state index contributed by atoms with van der Waals surface area (Å²) >= 11 is 0. The van der Waals surface area contributed by atoms with Gasteiger partial charge in [0.05, 0.1) is 18.3 Å². The van der Waals surface area contributed by atoms with Crippen LogP contribution in [0.4, 0.5) is 13.2 Å². The van der Waals surface area contributed by atoms with Gasteiger partial charge in [-0.2, -0.15) is 13.2 Å². The zero-order valence-electron chi connectivity index (χ0n) is 14.9. The lowest BCUT2D eigenvalue weighted by atomic mass is 9.81. The molecule has 1 aromatic rings. The minimum atomic E-state index is -5.08. The molecule has 0 aromatic carbocycles. The maximum atomic E-state index is 12.0. The lowest BCUT2D eigenvalue weighted by Crippen LogP contribution is -2.59. The van der Waals surface area contributed by atoms with Crippen molar-refractivity contribution in [1.82, 2.24) is 9.21 Å². The fraction of sp³-hybridized carbons (Fsp3) is 0.688. The molecule has 0 amide bonds. The van der Waals surface area contributed by atoms with Crippen molar-refractivity contribution in [2.75, 3.05) is 31.9 Å². The van der Waals surface area contributed by atoms with Crippen LogP contribution in [-0.4, -0.2) is 66.8 Å². The van der Waals surface area contributed by atoms with Crippen LogP contribution in [0.5, 0.6) is 0 Å².